The first-order valence-corrected chi connectivity index (χ1v) is 10.7. The minimum absolute atomic E-state index is 0.146. The predicted molar refractivity (Wildman–Crippen MR) is 116 cm³/mol. The number of carbonyl (C=O) groups is 2. The van der Waals surface area contributed by atoms with Crippen LogP contribution < -0.4 is 5.32 Å². The van der Waals surface area contributed by atoms with E-state index in [1.54, 1.807) is 6.07 Å². The molecule has 0 bridgehead atoms. The molecule has 6 nitrogen and oxygen atoms in total. The Balaban J connectivity index is 1.25. The van der Waals surface area contributed by atoms with Crippen LogP contribution in [-0.2, 0) is 10.4 Å². The summed E-state index contributed by atoms with van der Waals surface area (Å²) >= 11 is 0. The summed E-state index contributed by atoms with van der Waals surface area (Å²) in [6.45, 7) is 3.20. The summed E-state index contributed by atoms with van der Waals surface area (Å²) < 4.78 is 0. The van der Waals surface area contributed by atoms with Crippen LogP contribution in [0.15, 0.2) is 54.6 Å². The summed E-state index contributed by atoms with van der Waals surface area (Å²) in [6, 6.07) is 17.2. The van der Waals surface area contributed by atoms with E-state index in [2.05, 4.69) is 10.2 Å². The van der Waals surface area contributed by atoms with Crippen molar-refractivity contribution in [1.82, 2.24) is 9.80 Å². The lowest BCUT2D eigenvalue weighted by Crippen LogP contribution is -2.43. The molecular formula is C24H29N3O3. The van der Waals surface area contributed by atoms with Gasteiger partial charge < -0.3 is 15.3 Å². The van der Waals surface area contributed by atoms with Gasteiger partial charge in [0.05, 0.1) is 17.7 Å². The molecule has 30 heavy (non-hydrogen) atoms. The Morgan fingerprint density at radius 1 is 0.900 bits per heavy atom. The molecule has 0 spiro atoms. The molecule has 2 amide bonds. The van der Waals surface area contributed by atoms with Crippen molar-refractivity contribution in [3.63, 3.8) is 0 Å². The largest absolute Gasteiger partial charge is 0.385 e. The highest BCUT2D eigenvalue weighted by Crippen LogP contribution is 2.32. The first-order chi connectivity index (χ1) is 14.6. The van der Waals surface area contributed by atoms with E-state index in [0.717, 1.165) is 56.6 Å². The topological polar surface area (TPSA) is 72.9 Å². The third-order valence-corrected chi connectivity index (χ3v) is 6.23. The molecule has 4 rings (SSSR count). The summed E-state index contributed by atoms with van der Waals surface area (Å²) in [5.74, 6) is -0.395. The normalized spacial score (nSPS) is 19.2. The van der Waals surface area contributed by atoms with Gasteiger partial charge in [0.2, 0.25) is 5.91 Å². The number of imide groups is 1. The molecule has 0 atom stereocenters. The van der Waals surface area contributed by atoms with Gasteiger partial charge in [0.1, 0.15) is 0 Å². The average molecular weight is 408 g/mol. The number of aliphatic hydroxyl groups is 1. The van der Waals surface area contributed by atoms with E-state index in [1.165, 1.54) is 4.90 Å². The third kappa shape index (κ3) is 4.40. The highest BCUT2D eigenvalue weighted by molar-refractivity contribution is 6.10. The van der Waals surface area contributed by atoms with E-state index in [9.17, 15) is 14.7 Å². The Hall–Kier alpha value is -2.70. The number of benzene rings is 2. The lowest BCUT2D eigenvalue weighted by molar-refractivity contribution is -0.126. The predicted octanol–water partition coefficient (Wildman–Crippen LogP) is 2.84. The number of amides is 2. The van der Waals surface area contributed by atoms with Gasteiger partial charge in [-0.15, -0.1) is 0 Å². The van der Waals surface area contributed by atoms with Crippen molar-refractivity contribution >= 4 is 17.5 Å². The molecule has 158 valence electrons. The maximum absolute atomic E-state index is 12.8. The van der Waals surface area contributed by atoms with Crippen molar-refractivity contribution in [1.29, 1.82) is 0 Å². The molecule has 0 radical (unpaired) electrons. The van der Waals surface area contributed by atoms with Gasteiger partial charge in [-0.05, 0) is 49.9 Å². The molecule has 6 heteroatoms. The lowest BCUT2D eigenvalue weighted by Gasteiger charge is -2.38. The van der Waals surface area contributed by atoms with Crippen molar-refractivity contribution in [2.75, 3.05) is 38.0 Å². The summed E-state index contributed by atoms with van der Waals surface area (Å²) in [5, 5.41) is 14.0. The van der Waals surface area contributed by atoms with E-state index >= 15 is 0 Å². The maximum Gasteiger partial charge on any atom is 0.262 e. The summed E-state index contributed by atoms with van der Waals surface area (Å²) in [6.07, 6.45) is 3.14. The van der Waals surface area contributed by atoms with E-state index in [0.29, 0.717) is 12.1 Å². The zero-order chi connectivity index (χ0) is 21.0. The molecule has 2 aromatic carbocycles. The number of unbranched alkanes of at least 4 members (excludes halogenated alkanes) is 1. The lowest BCUT2D eigenvalue weighted by atomic mass is 9.84. The molecule has 1 saturated heterocycles. The summed E-state index contributed by atoms with van der Waals surface area (Å²) in [5.41, 5.74) is 1.54. The van der Waals surface area contributed by atoms with Gasteiger partial charge in [-0.2, -0.15) is 0 Å². The zero-order valence-corrected chi connectivity index (χ0v) is 17.2. The second kappa shape index (κ2) is 8.98. The SMILES string of the molecule is O=C1CNc2ccccc2C(=O)N1CCCCN1CCC(O)(c2ccccc2)CC1. The molecule has 0 aromatic heterocycles. The first kappa shape index (κ1) is 20.6. The summed E-state index contributed by atoms with van der Waals surface area (Å²) in [7, 11) is 0. The van der Waals surface area contributed by atoms with E-state index in [1.807, 2.05) is 48.5 Å². The van der Waals surface area contributed by atoms with Crippen molar-refractivity contribution in [2.45, 2.75) is 31.3 Å². The second-order valence-electron chi connectivity index (χ2n) is 8.20. The number of carbonyl (C=O) groups excluding carboxylic acids is 2. The van der Waals surface area contributed by atoms with Crippen molar-refractivity contribution < 1.29 is 14.7 Å². The quantitative estimate of drug-likeness (QED) is 0.569. The average Bonchev–Trinajstić information content (AvgIpc) is 2.90. The molecule has 0 unspecified atom stereocenters. The van der Waals surface area contributed by atoms with Crippen LogP contribution in [0, 0.1) is 0 Å². The zero-order valence-electron chi connectivity index (χ0n) is 17.2. The Bertz CT molecular complexity index is 892. The second-order valence-corrected chi connectivity index (χ2v) is 8.20. The van der Waals surface area contributed by atoms with Gasteiger partial charge in [0.15, 0.2) is 0 Å². The molecule has 2 aromatic rings. The molecule has 1 fully saturated rings. The van der Waals surface area contributed by atoms with Crippen molar-refractivity contribution in [3.8, 4) is 0 Å². The van der Waals surface area contributed by atoms with Gasteiger partial charge in [-0.25, -0.2) is 0 Å². The number of nitrogens with one attached hydrogen (secondary N) is 1. The minimum atomic E-state index is -0.733. The molecule has 0 aliphatic carbocycles. The number of para-hydroxylation sites is 1. The number of likely N-dealkylation sites (tertiary alicyclic amines) is 1. The fraction of sp³-hybridized carbons (Fsp3) is 0.417. The van der Waals surface area contributed by atoms with Crippen LogP contribution in [0.2, 0.25) is 0 Å². The molecule has 0 saturated carbocycles. The molecule has 2 aliphatic rings. The van der Waals surface area contributed by atoms with Crippen LogP contribution >= 0.6 is 0 Å². The number of anilines is 1. The highest BCUT2D eigenvalue weighted by Gasteiger charge is 2.33. The van der Waals surface area contributed by atoms with Gasteiger partial charge in [-0.1, -0.05) is 42.5 Å². The van der Waals surface area contributed by atoms with Crippen LogP contribution in [0.4, 0.5) is 5.69 Å². The molecule has 2 N–H and O–H groups in total. The fourth-order valence-electron chi connectivity index (χ4n) is 4.36. The van der Waals surface area contributed by atoms with Crippen LogP contribution in [0.5, 0.6) is 0 Å². The van der Waals surface area contributed by atoms with Crippen molar-refractivity contribution in [3.05, 3.63) is 65.7 Å². The number of hydrogen-bond donors (Lipinski definition) is 2. The molecule has 2 heterocycles. The minimum Gasteiger partial charge on any atom is -0.385 e. The van der Waals surface area contributed by atoms with Crippen LogP contribution in [0.25, 0.3) is 0 Å². The first-order valence-electron chi connectivity index (χ1n) is 10.7. The van der Waals surface area contributed by atoms with Gasteiger partial charge in [0, 0.05) is 25.3 Å². The van der Waals surface area contributed by atoms with Crippen molar-refractivity contribution in [2.24, 2.45) is 0 Å². The number of rotatable bonds is 6. The van der Waals surface area contributed by atoms with Gasteiger partial charge in [0.25, 0.3) is 5.91 Å². The third-order valence-electron chi connectivity index (χ3n) is 6.23. The molecular weight excluding hydrogens is 378 g/mol. The summed E-state index contributed by atoms with van der Waals surface area (Å²) in [4.78, 5) is 28.9. The van der Waals surface area contributed by atoms with E-state index in [-0.39, 0.29) is 18.4 Å². The van der Waals surface area contributed by atoms with Crippen LogP contribution in [-0.4, -0.2) is 59.4 Å². The van der Waals surface area contributed by atoms with Crippen LogP contribution in [0.3, 0.4) is 0 Å². The standard InChI is InChI=1S/C24H29N3O3/c28-22-18-25-21-11-5-4-10-20(21)23(29)27(22)15-7-6-14-26-16-12-24(30,13-17-26)19-8-2-1-3-9-19/h1-5,8-11,25,30H,6-7,12-18H2. The fourth-order valence-corrected chi connectivity index (χ4v) is 4.36. The van der Waals surface area contributed by atoms with Gasteiger partial charge >= 0.3 is 0 Å². The number of hydrogen-bond acceptors (Lipinski definition) is 5. The Morgan fingerprint density at radius 2 is 1.57 bits per heavy atom. The van der Waals surface area contributed by atoms with E-state index < -0.39 is 5.60 Å². The number of nitrogens with zero attached hydrogens (tertiary/aromatic N) is 2. The highest BCUT2D eigenvalue weighted by atomic mass is 16.3. The van der Waals surface area contributed by atoms with Gasteiger partial charge in [-0.3, -0.25) is 14.5 Å². The molecule has 2 aliphatic heterocycles. The maximum atomic E-state index is 12.8. The Morgan fingerprint density at radius 3 is 2.33 bits per heavy atom. The Kier molecular flexibility index (Phi) is 6.16. The smallest absolute Gasteiger partial charge is 0.262 e. The van der Waals surface area contributed by atoms with E-state index in [4.69, 9.17) is 0 Å². The number of piperidine rings is 1. The number of fused-ring (bicyclic) bond motifs is 1. The van der Waals surface area contributed by atoms with Crippen LogP contribution in [0.1, 0.15) is 41.6 Å². The Labute approximate surface area is 177 Å². The monoisotopic (exact) mass is 407 g/mol.